The first-order chi connectivity index (χ1) is 7.69. The predicted octanol–water partition coefficient (Wildman–Crippen LogP) is 2.12. The summed E-state index contributed by atoms with van der Waals surface area (Å²) in [4.78, 5) is 6.89. The van der Waals surface area contributed by atoms with Crippen LogP contribution in [0.1, 0.15) is 31.0 Å². The lowest BCUT2D eigenvalue weighted by Gasteiger charge is -2.32. The Bertz CT molecular complexity index is 365. The number of aromatic nitrogens is 1. The van der Waals surface area contributed by atoms with Gasteiger partial charge < -0.3 is 10.0 Å². The Kier molecular flexibility index (Phi) is 3.44. The van der Waals surface area contributed by atoms with Crippen LogP contribution >= 0.6 is 0 Å². The minimum Gasteiger partial charge on any atom is -0.392 e. The molecule has 88 valence electrons. The van der Waals surface area contributed by atoms with Gasteiger partial charge in [0, 0.05) is 18.8 Å². The molecule has 0 bridgehead atoms. The molecule has 1 fully saturated rings. The van der Waals surface area contributed by atoms with Crippen LogP contribution in [0.25, 0.3) is 0 Å². The fourth-order valence-corrected chi connectivity index (χ4v) is 2.37. The smallest absolute Gasteiger partial charge is 0.129 e. The third-order valence-corrected chi connectivity index (χ3v) is 3.16. The van der Waals surface area contributed by atoms with Crippen molar-refractivity contribution in [3.8, 4) is 0 Å². The number of aliphatic hydroxyl groups excluding tert-OH is 1. The monoisotopic (exact) mass is 220 g/mol. The summed E-state index contributed by atoms with van der Waals surface area (Å²) in [5, 5.41) is 9.19. The molecule has 1 aromatic rings. The molecule has 0 spiro atoms. The molecule has 0 amide bonds. The van der Waals surface area contributed by atoms with E-state index >= 15 is 0 Å². The number of aryl methyl sites for hydroxylation is 1. The molecular weight excluding hydrogens is 200 g/mol. The van der Waals surface area contributed by atoms with E-state index in [1.807, 2.05) is 19.1 Å². The van der Waals surface area contributed by atoms with Crippen LogP contribution in [0.5, 0.6) is 0 Å². The van der Waals surface area contributed by atoms with Gasteiger partial charge in [0.05, 0.1) is 6.61 Å². The fraction of sp³-hybridized carbons (Fsp3) is 0.615. The zero-order valence-electron chi connectivity index (χ0n) is 10.1. The Hall–Kier alpha value is -1.09. The number of rotatable bonds is 2. The first kappa shape index (κ1) is 11.4. The standard InChI is InChI=1S/C13H20N2O/c1-10-4-3-5-15(8-10)13-7-12(9-16)6-11(2)14-13/h6-7,10,16H,3-5,8-9H2,1-2H3. The minimum absolute atomic E-state index is 0.0970. The molecule has 1 aromatic heterocycles. The fourth-order valence-electron chi connectivity index (χ4n) is 2.37. The molecule has 1 aliphatic rings. The SMILES string of the molecule is Cc1cc(CO)cc(N2CCCC(C)C2)n1. The second-order valence-electron chi connectivity index (χ2n) is 4.83. The van der Waals surface area contributed by atoms with Crippen LogP contribution in [0, 0.1) is 12.8 Å². The molecule has 3 heteroatoms. The Morgan fingerprint density at radius 2 is 2.31 bits per heavy atom. The number of hydrogen-bond acceptors (Lipinski definition) is 3. The van der Waals surface area contributed by atoms with Gasteiger partial charge in [0.1, 0.15) is 5.82 Å². The van der Waals surface area contributed by atoms with E-state index in [1.165, 1.54) is 12.8 Å². The maximum absolute atomic E-state index is 9.19. The van der Waals surface area contributed by atoms with Gasteiger partial charge in [-0.25, -0.2) is 4.98 Å². The van der Waals surface area contributed by atoms with Gasteiger partial charge in [0.15, 0.2) is 0 Å². The summed E-state index contributed by atoms with van der Waals surface area (Å²) in [6, 6.07) is 3.95. The van der Waals surface area contributed by atoms with E-state index in [4.69, 9.17) is 0 Å². The maximum atomic E-state index is 9.19. The third-order valence-electron chi connectivity index (χ3n) is 3.16. The third kappa shape index (κ3) is 2.53. The van der Waals surface area contributed by atoms with E-state index in [9.17, 15) is 5.11 Å². The lowest BCUT2D eigenvalue weighted by Crippen LogP contribution is -2.34. The van der Waals surface area contributed by atoms with Crippen LogP contribution in [0.3, 0.4) is 0 Å². The Morgan fingerprint density at radius 3 is 3.00 bits per heavy atom. The van der Waals surface area contributed by atoms with Gasteiger partial charge in [-0.3, -0.25) is 0 Å². The molecule has 2 heterocycles. The Balaban J connectivity index is 2.21. The van der Waals surface area contributed by atoms with Crippen LogP contribution in [0.4, 0.5) is 5.82 Å². The molecule has 1 aliphatic heterocycles. The highest BCUT2D eigenvalue weighted by molar-refractivity contribution is 5.43. The summed E-state index contributed by atoms with van der Waals surface area (Å²) in [5.41, 5.74) is 1.94. The average molecular weight is 220 g/mol. The second-order valence-corrected chi connectivity index (χ2v) is 4.83. The number of nitrogens with zero attached hydrogens (tertiary/aromatic N) is 2. The Morgan fingerprint density at radius 1 is 1.50 bits per heavy atom. The average Bonchev–Trinajstić information content (AvgIpc) is 2.28. The van der Waals surface area contributed by atoms with E-state index in [0.29, 0.717) is 0 Å². The minimum atomic E-state index is 0.0970. The zero-order chi connectivity index (χ0) is 11.5. The van der Waals surface area contributed by atoms with Gasteiger partial charge in [0.25, 0.3) is 0 Å². The van der Waals surface area contributed by atoms with Gasteiger partial charge >= 0.3 is 0 Å². The molecule has 2 rings (SSSR count). The molecule has 0 saturated carbocycles. The lowest BCUT2D eigenvalue weighted by atomic mass is 10.0. The molecule has 1 N–H and O–H groups in total. The van der Waals surface area contributed by atoms with Crippen LogP contribution < -0.4 is 4.90 Å². The number of anilines is 1. The summed E-state index contributed by atoms with van der Waals surface area (Å²) in [7, 11) is 0. The first-order valence-electron chi connectivity index (χ1n) is 6.02. The molecule has 1 atom stereocenters. The van der Waals surface area contributed by atoms with Crippen molar-refractivity contribution in [1.29, 1.82) is 0 Å². The largest absolute Gasteiger partial charge is 0.392 e. The number of piperidine rings is 1. The van der Waals surface area contributed by atoms with Crippen LogP contribution in [-0.2, 0) is 6.61 Å². The quantitative estimate of drug-likeness (QED) is 0.829. The maximum Gasteiger partial charge on any atom is 0.129 e. The molecule has 0 aliphatic carbocycles. The van der Waals surface area contributed by atoms with Gasteiger partial charge in [0.2, 0.25) is 0 Å². The summed E-state index contributed by atoms with van der Waals surface area (Å²) in [6.07, 6.45) is 2.56. The normalized spacial score (nSPS) is 21.2. The van der Waals surface area contributed by atoms with Crippen LogP contribution in [-0.4, -0.2) is 23.2 Å². The van der Waals surface area contributed by atoms with Crippen molar-refractivity contribution in [2.75, 3.05) is 18.0 Å². The van der Waals surface area contributed by atoms with Gasteiger partial charge in [-0.2, -0.15) is 0 Å². The van der Waals surface area contributed by atoms with Crippen molar-refractivity contribution in [2.24, 2.45) is 5.92 Å². The molecule has 0 radical (unpaired) electrons. The van der Waals surface area contributed by atoms with E-state index in [2.05, 4.69) is 16.8 Å². The topological polar surface area (TPSA) is 36.4 Å². The lowest BCUT2D eigenvalue weighted by molar-refractivity contribution is 0.281. The second kappa shape index (κ2) is 4.83. The zero-order valence-corrected chi connectivity index (χ0v) is 10.1. The van der Waals surface area contributed by atoms with E-state index in [-0.39, 0.29) is 6.61 Å². The van der Waals surface area contributed by atoms with E-state index in [0.717, 1.165) is 36.1 Å². The van der Waals surface area contributed by atoms with Crippen molar-refractivity contribution < 1.29 is 5.11 Å². The van der Waals surface area contributed by atoms with Crippen LogP contribution in [0.2, 0.25) is 0 Å². The van der Waals surface area contributed by atoms with Crippen LogP contribution in [0.15, 0.2) is 12.1 Å². The van der Waals surface area contributed by atoms with Crippen molar-refractivity contribution in [2.45, 2.75) is 33.3 Å². The predicted molar refractivity (Wildman–Crippen MR) is 65.5 cm³/mol. The number of pyridine rings is 1. The van der Waals surface area contributed by atoms with Crippen molar-refractivity contribution in [3.05, 3.63) is 23.4 Å². The van der Waals surface area contributed by atoms with E-state index in [1.54, 1.807) is 0 Å². The molecule has 1 unspecified atom stereocenters. The van der Waals surface area contributed by atoms with Crippen molar-refractivity contribution in [3.63, 3.8) is 0 Å². The highest BCUT2D eigenvalue weighted by atomic mass is 16.3. The van der Waals surface area contributed by atoms with Gasteiger partial charge in [-0.15, -0.1) is 0 Å². The molecule has 16 heavy (non-hydrogen) atoms. The molecule has 0 aromatic carbocycles. The first-order valence-corrected chi connectivity index (χ1v) is 6.02. The van der Waals surface area contributed by atoms with Crippen molar-refractivity contribution in [1.82, 2.24) is 4.98 Å². The molecule has 3 nitrogen and oxygen atoms in total. The summed E-state index contributed by atoms with van der Waals surface area (Å²) in [6.45, 7) is 6.54. The van der Waals surface area contributed by atoms with Crippen molar-refractivity contribution >= 4 is 5.82 Å². The molecular formula is C13H20N2O. The number of aliphatic hydroxyl groups is 1. The number of hydrogen-bond donors (Lipinski definition) is 1. The van der Waals surface area contributed by atoms with Gasteiger partial charge in [-0.1, -0.05) is 6.92 Å². The highest BCUT2D eigenvalue weighted by Crippen LogP contribution is 2.22. The highest BCUT2D eigenvalue weighted by Gasteiger charge is 2.17. The van der Waals surface area contributed by atoms with E-state index < -0.39 is 0 Å². The Labute approximate surface area is 97.1 Å². The summed E-state index contributed by atoms with van der Waals surface area (Å²) < 4.78 is 0. The van der Waals surface area contributed by atoms with Gasteiger partial charge in [-0.05, 0) is 43.4 Å². The molecule has 1 saturated heterocycles. The summed E-state index contributed by atoms with van der Waals surface area (Å²) in [5.74, 6) is 1.77. The summed E-state index contributed by atoms with van der Waals surface area (Å²) >= 11 is 0.